The van der Waals surface area contributed by atoms with E-state index in [-0.39, 0.29) is 11.8 Å². The molecular weight excluding hydrogens is 164 g/mol. The van der Waals surface area contributed by atoms with Crippen molar-refractivity contribution in [3.63, 3.8) is 0 Å². The van der Waals surface area contributed by atoms with E-state index in [4.69, 9.17) is 0 Å². The molecule has 1 aromatic heterocycles. The van der Waals surface area contributed by atoms with Gasteiger partial charge in [-0.3, -0.25) is 4.79 Å². The number of pyridine rings is 1. The molecule has 1 aromatic rings. The van der Waals surface area contributed by atoms with Crippen molar-refractivity contribution >= 4 is 11.7 Å². The van der Waals surface area contributed by atoms with Gasteiger partial charge in [-0.1, -0.05) is 0 Å². The highest BCUT2D eigenvalue weighted by atomic mass is 16.2. The molecule has 68 valence electrons. The zero-order chi connectivity index (χ0) is 9.26. The van der Waals surface area contributed by atoms with Crippen molar-refractivity contribution < 1.29 is 4.79 Å². The molecule has 1 saturated carbocycles. The molecule has 3 heteroatoms. The minimum Gasteiger partial charge on any atom is -0.310 e. The molecule has 1 heterocycles. The Morgan fingerprint density at radius 3 is 3.00 bits per heavy atom. The van der Waals surface area contributed by atoms with Gasteiger partial charge in [0.05, 0.1) is 0 Å². The third kappa shape index (κ3) is 2.05. The lowest BCUT2D eigenvalue weighted by Crippen LogP contribution is -2.14. The molecular formula is C10H12N2O. The molecule has 0 saturated heterocycles. The highest BCUT2D eigenvalue weighted by Crippen LogP contribution is 2.29. The average Bonchev–Trinajstić information content (AvgIpc) is 2.85. The number of nitrogens with zero attached hydrogens (tertiary/aromatic N) is 1. The van der Waals surface area contributed by atoms with Crippen LogP contribution >= 0.6 is 0 Å². The molecule has 0 radical (unpaired) electrons. The summed E-state index contributed by atoms with van der Waals surface area (Å²) >= 11 is 0. The Balaban J connectivity index is 2.04. The van der Waals surface area contributed by atoms with Crippen molar-refractivity contribution in [3.05, 3.63) is 23.9 Å². The van der Waals surface area contributed by atoms with Crippen LogP contribution in [0, 0.1) is 12.8 Å². The summed E-state index contributed by atoms with van der Waals surface area (Å²) in [7, 11) is 0. The van der Waals surface area contributed by atoms with E-state index < -0.39 is 0 Å². The molecule has 0 unspecified atom stereocenters. The van der Waals surface area contributed by atoms with Crippen molar-refractivity contribution in [3.8, 4) is 0 Å². The van der Waals surface area contributed by atoms with Gasteiger partial charge in [-0.05, 0) is 37.5 Å². The zero-order valence-electron chi connectivity index (χ0n) is 7.58. The second-order valence-corrected chi connectivity index (χ2v) is 3.48. The van der Waals surface area contributed by atoms with Gasteiger partial charge in [0.2, 0.25) is 5.91 Å². The van der Waals surface area contributed by atoms with E-state index in [2.05, 4.69) is 10.3 Å². The first kappa shape index (κ1) is 8.23. The molecule has 3 nitrogen and oxygen atoms in total. The quantitative estimate of drug-likeness (QED) is 0.745. The number of amides is 1. The van der Waals surface area contributed by atoms with Crippen LogP contribution < -0.4 is 5.32 Å². The molecule has 1 aliphatic rings. The van der Waals surface area contributed by atoms with Crippen molar-refractivity contribution in [1.29, 1.82) is 0 Å². The maximum Gasteiger partial charge on any atom is 0.228 e. The van der Waals surface area contributed by atoms with Crippen molar-refractivity contribution in [1.82, 2.24) is 4.98 Å². The molecule has 2 rings (SSSR count). The first-order chi connectivity index (χ1) is 6.25. The van der Waals surface area contributed by atoms with Gasteiger partial charge in [0.15, 0.2) is 0 Å². The van der Waals surface area contributed by atoms with Crippen LogP contribution in [0.5, 0.6) is 0 Å². The van der Waals surface area contributed by atoms with Crippen LogP contribution in [0.15, 0.2) is 18.3 Å². The lowest BCUT2D eigenvalue weighted by Gasteiger charge is -2.02. The summed E-state index contributed by atoms with van der Waals surface area (Å²) in [6.07, 6.45) is 3.76. The summed E-state index contributed by atoms with van der Waals surface area (Å²) in [5.74, 6) is 1.01. The van der Waals surface area contributed by atoms with Crippen LogP contribution in [0.2, 0.25) is 0 Å². The summed E-state index contributed by atoms with van der Waals surface area (Å²) in [6, 6.07) is 3.78. The smallest absolute Gasteiger partial charge is 0.228 e. The van der Waals surface area contributed by atoms with E-state index in [0.717, 1.165) is 18.4 Å². The number of carbonyl (C=O) groups excluding carboxylic acids is 1. The predicted octanol–water partition coefficient (Wildman–Crippen LogP) is 1.74. The second kappa shape index (κ2) is 3.17. The Morgan fingerprint density at radius 1 is 1.62 bits per heavy atom. The Morgan fingerprint density at radius 2 is 2.38 bits per heavy atom. The first-order valence-electron chi connectivity index (χ1n) is 4.49. The normalized spacial score (nSPS) is 15.5. The van der Waals surface area contributed by atoms with Crippen LogP contribution in [0.1, 0.15) is 18.4 Å². The topological polar surface area (TPSA) is 42.0 Å². The minimum absolute atomic E-state index is 0.109. The lowest BCUT2D eigenvalue weighted by atomic mass is 10.3. The maximum atomic E-state index is 11.3. The summed E-state index contributed by atoms with van der Waals surface area (Å²) in [4.78, 5) is 15.4. The number of hydrogen-bond donors (Lipinski definition) is 1. The van der Waals surface area contributed by atoms with Gasteiger partial charge >= 0.3 is 0 Å². The molecule has 1 amide bonds. The first-order valence-corrected chi connectivity index (χ1v) is 4.49. The molecule has 0 atom stereocenters. The fraction of sp³-hybridized carbons (Fsp3) is 0.400. The number of rotatable bonds is 2. The zero-order valence-corrected chi connectivity index (χ0v) is 7.58. The second-order valence-electron chi connectivity index (χ2n) is 3.48. The monoisotopic (exact) mass is 176 g/mol. The van der Waals surface area contributed by atoms with Gasteiger partial charge in [-0.25, -0.2) is 4.98 Å². The number of nitrogens with one attached hydrogen (secondary N) is 1. The van der Waals surface area contributed by atoms with Crippen LogP contribution in [0.4, 0.5) is 5.82 Å². The van der Waals surface area contributed by atoms with Crippen LogP contribution in [0.3, 0.4) is 0 Å². The summed E-state index contributed by atoms with van der Waals surface area (Å²) in [6.45, 7) is 1.98. The predicted molar refractivity (Wildman–Crippen MR) is 50.3 cm³/mol. The Hall–Kier alpha value is -1.38. The molecule has 1 N–H and O–H groups in total. The highest BCUT2D eigenvalue weighted by molar-refractivity contribution is 5.93. The fourth-order valence-electron chi connectivity index (χ4n) is 1.18. The Kier molecular flexibility index (Phi) is 2.00. The molecule has 0 spiro atoms. The lowest BCUT2D eigenvalue weighted by molar-refractivity contribution is -0.117. The standard InChI is InChI=1S/C10H12N2O/c1-7-4-5-11-9(6-7)12-10(13)8-2-3-8/h4-6,8H,2-3H2,1H3,(H,11,12,13). The average molecular weight is 176 g/mol. The van der Waals surface area contributed by atoms with Gasteiger partial charge in [0.25, 0.3) is 0 Å². The van der Waals surface area contributed by atoms with E-state index in [0.29, 0.717) is 5.82 Å². The van der Waals surface area contributed by atoms with Crippen molar-refractivity contribution in [2.45, 2.75) is 19.8 Å². The van der Waals surface area contributed by atoms with Crippen molar-refractivity contribution in [2.24, 2.45) is 5.92 Å². The van der Waals surface area contributed by atoms with Crippen molar-refractivity contribution in [2.75, 3.05) is 5.32 Å². The van der Waals surface area contributed by atoms with Crippen LogP contribution in [-0.4, -0.2) is 10.9 Å². The molecule has 0 aliphatic heterocycles. The van der Waals surface area contributed by atoms with Gasteiger partial charge < -0.3 is 5.32 Å². The third-order valence-electron chi connectivity index (χ3n) is 2.11. The maximum absolute atomic E-state index is 11.3. The van der Waals surface area contributed by atoms with E-state index in [1.807, 2.05) is 19.1 Å². The number of aromatic nitrogens is 1. The van der Waals surface area contributed by atoms with Gasteiger partial charge in [-0.2, -0.15) is 0 Å². The fourth-order valence-corrected chi connectivity index (χ4v) is 1.18. The molecule has 0 aromatic carbocycles. The largest absolute Gasteiger partial charge is 0.310 e. The molecule has 0 bridgehead atoms. The van der Waals surface area contributed by atoms with E-state index in [1.165, 1.54) is 0 Å². The minimum atomic E-state index is 0.109. The number of carbonyl (C=O) groups is 1. The third-order valence-corrected chi connectivity index (χ3v) is 2.11. The Bertz CT molecular complexity index is 331. The van der Waals surface area contributed by atoms with Crippen LogP contribution in [-0.2, 0) is 4.79 Å². The molecule has 1 fully saturated rings. The van der Waals surface area contributed by atoms with Gasteiger partial charge in [0.1, 0.15) is 5.82 Å². The Labute approximate surface area is 77.2 Å². The number of aryl methyl sites for hydroxylation is 1. The highest BCUT2D eigenvalue weighted by Gasteiger charge is 2.29. The number of anilines is 1. The summed E-state index contributed by atoms with van der Waals surface area (Å²) in [5, 5.41) is 2.79. The van der Waals surface area contributed by atoms with E-state index in [9.17, 15) is 4.79 Å². The van der Waals surface area contributed by atoms with Gasteiger partial charge in [0, 0.05) is 12.1 Å². The summed E-state index contributed by atoms with van der Waals surface area (Å²) < 4.78 is 0. The SMILES string of the molecule is Cc1ccnc(NC(=O)C2CC2)c1. The van der Waals surface area contributed by atoms with E-state index >= 15 is 0 Å². The molecule has 1 aliphatic carbocycles. The van der Waals surface area contributed by atoms with Crippen LogP contribution in [0.25, 0.3) is 0 Å². The van der Waals surface area contributed by atoms with Gasteiger partial charge in [-0.15, -0.1) is 0 Å². The molecule has 13 heavy (non-hydrogen) atoms. The van der Waals surface area contributed by atoms with E-state index in [1.54, 1.807) is 6.20 Å². The summed E-state index contributed by atoms with van der Waals surface area (Å²) in [5.41, 5.74) is 1.11. The number of hydrogen-bond acceptors (Lipinski definition) is 2.